The summed E-state index contributed by atoms with van der Waals surface area (Å²) in [5, 5.41) is 2.79. The van der Waals surface area contributed by atoms with E-state index < -0.39 is 6.03 Å². The standard InChI is InChI=1S/C14H20N2O/c15-13(17)16-11-14(9-5-2-6-10-14)12-7-3-1-4-8-12/h1,3-4,7-8H,2,5-6,9-11H2,(H3,15,16,17). The Kier molecular flexibility index (Phi) is 3.67. The van der Waals surface area contributed by atoms with Gasteiger partial charge in [-0.05, 0) is 18.4 Å². The molecule has 0 radical (unpaired) electrons. The zero-order valence-corrected chi connectivity index (χ0v) is 10.1. The van der Waals surface area contributed by atoms with Crippen molar-refractivity contribution < 1.29 is 4.79 Å². The normalized spacial score (nSPS) is 18.6. The topological polar surface area (TPSA) is 55.1 Å². The zero-order chi connectivity index (χ0) is 12.1. The molecule has 0 aliphatic heterocycles. The highest BCUT2D eigenvalue weighted by atomic mass is 16.2. The van der Waals surface area contributed by atoms with E-state index in [1.807, 2.05) is 6.07 Å². The largest absolute Gasteiger partial charge is 0.352 e. The second-order valence-corrected chi connectivity index (χ2v) is 4.92. The number of carbonyl (C=O) groups is 1. The number of hydrogen-bond acceptors (Lipinski definition) is 1. The van der Waals surface area contributed by atoms with Crippen molar-refractivity contribution in [1.29, 1.82) is 0 Å². The number of amides is 2. The maximum atomic E-state index is 10.9. The second kappa shape index (κ2) is 5.21. The molecular formula is C14H20N2O. The van der Waals surface area contributed by atoms with E-state index in [1.54, 1.807) is 0 Å². The van der Waals surface area contributed by atoms with Gasteiger partial charge in [0.25, 0.3) is 0 Å². The first kappa shape index (κ1) is 12.0. The van der Waals surface area contributed by atoms with Crippen LogP contribution in [0.1, 0.15) is 37.7 Å². The SMILES string of the molecule is NC(=O)NCC1(c2ccccc2)CCCCC1. The number of benzene rings is 1. The predicted octanol–water partition coefficient (Wildman–Crippen LogP) is 2.56. The Morgan fingerprint density at radius 1 is 1.18 bits per heavy atom. The Morgan fingerprint density at radius 3 is 2.41 bits per heavy atom. The monoisotopic (exact) mass is 232 g/mol. The second-order valence-electron chi connectivity index (χ2n) is 4.92. The highest BCUT2D eigenvalue weighted by Crippen LogP contribution is 2.38. The van der Waals surface area contributed by atoms with Gasteiger partial charge in [0.2, 0.25) is 0 Å². The summed E-state index contributed by atoms with van der Waals surface area (Å²) >= 11 is 0. The average Bonchev–Trinajstić information content (AvgIpc) is 2.39. The molecular weight excluding hydrogens is 212 g/mol. The predicted molar refractivity (Wildman–Crippen MR) is 68.8 cm³/mol. The lowest BCUT2D eigenvalue weighted by Gasteiger charge is -2.38. The maximum Gasteiger partial charge on any atom is 0.312 e. The fraction of sp³-hybridized carbons (Fsp3) is 0.500. The Labute approximate surface area is 102 Å². The van der Waals surface area contributed by atoms with E-state index in [-0.39, 0.29) is 5.41 Å². The number of primary amides is 1. The summed E-state index contributed by atoms with van der Waals surface area (Å²) in [5.74, 6) is 0. The van der Waals surface area contributed by atoms with Gasteiger partial charge in [0.15, 0.2) is 0 Å². The van der Waals surface area contributed by atoms with E-state index in [0.717, 1.165) is 12.8 Å². The number of nitrogens with one attached hydrogen (secondary N) is 1. The quantitative estimate of drug-likeness (QED) is 0.826. The molecule has 92 valence electrons. The minimum atomic E-state index is -0.425. The Morgan fingerprint density at radius 2 is 1.82 bits per heavy atom. The van der Waals surface area contributed by atoms with Crippen molar-refractivity contribution in [1.82, 2.24) is 5.32 Å². The molecule has 3 N–H and O–H groups in total. The molecule has 3 heteroatoms. The summed E-state index contributed by atoms with van der Waals surface area (Å²) in [7, 11) is 0. The molecule has 0 saturated heterocycles. The highest BCUT2D eigenvalue weighted by molar-refractivity contribution is 5.71. The van der Waals surface area contributed by atoms with Crippen molar-refractivity contribution in [2.45, 2.75) is 37.5 Å². The summed E-state index contributed by atoms with van der Waals surface area (Å²) in [5.41, 5.74) is 6.62. The zero-order valence-electron chi connectivity index (χ0n) is 10.1. The van der Waals surface area contributed by atoms with Crippen molar-refractivity contribution in [3.8, 4) is 0 Å². The van der Waals surface area contributed by atoms with Gasteiger partial charge < -0.3 is 11.1 Å². The first-order valence-corrected chi connectivity index (χ1v) is 6.32. The van der Waals surface area contributed by atoms with Crippen molar-refractivity contribution >= 4 is 6.03 Å². The molecule has 1 aliphatic rings. The fourth-order valence-electron chi connectivity index (χ4n) is 2.84. The fourth-order valence-corrected chi connectivity index (χ4v) is 2.84. The van der Waals surface area contributed by atoms with Crippen LogP contribution in [-0.2, 0) is 5.41 Å². The minimum Gasteiger partial charge on any atom is -0.352 e. The third kappa shape index (κ3) is 2.78. The Bertz CT molecular complexity index is 369. The maximum absolute atomic E-state index is 10.9. The number of nitrogens with two attached hydrogens (primary N) is 1. The van der Waals surface area contributed by atoms with Crippen LogP contribution >= 0.6 is 0 Å². The lowest BCUT2D eigenvalue weighted by atomic mass is 9.69. The summed E-state index contributed by atoms with van der Waals surface area (Å²) in [4.78, 5) is 10.9. The molecule has 2 amide bonds. The number of urea groups is 1. The third-order valence-electron chi connectivity index (χ3n) is 3.80. The lowest BCUT2D eigenvalue weighted by molar-refractivity contribution is 0.237. The lowest BCUT2D eigenvalue weighted by Crippen LogP contribution is -2.44. The molecule has 0 spiro atoms. The molecule has 0 heterocycles. The molecule has 0 aromatic heterocycles. The van der Waals surface area contributed by atoms with Crippen LogP contribution in [-0.4, -0.2) is 12.6 Å². The molecule has 0 atom stereocenters. The van der Waals surface area contributed by atoms with E-state index >= 15 is 0 Å². The minimum absolute atomic E-state index is 0.0918. The molecule has 0 bridgehead atoms. The highest BCUT2D eigenvalue weighted by Gasteiger charge is 2.33. The van der Waals surface area contributed by atoms with Crippen molar-refractivity contribution in [2.24, 2.45) is 5.73 Å². The number of rotatable bonds is 3. The van der Waals surface area contributed by atoms with Gasteiger partial charge in [-0.3, -0.25) is 0 Å². The Balaban J connectivity index is 2.20. The molecule has 0 unspecified atom stereocenters. The molecule has 1 aromatic rings. The number of hydrogen-bond donors (Lipinski definition) is 2. The molecule has 2 rings (SSSR count). The van der Waals surface area contributed by atoms with Gasteiger partial charge in [-0.1, -0.05) is 49.6 Å². The van der Waals surface area contributed by atoms with E-state index in [9.17, 15) is 4.79 Å². The summed E-state index contributed by atoms with van der Waals surface area (Å²) in [6.45, 7) is 0.659. The van der Waals surface area contributed by atoms with Crippen LogP contribution in [0.2, 0.25) is 0 Å². The van der Waals surface area contributed by atoms with Gasteiger partial charge in [-0.2, -0.15) is 0 Å². The molecule has 1 fully saturated rings. The summed E-state index contributed by atoms with van der Waals surface area (Å²) in [6.07, 6.45) is 6.03. The van der Waals surface area contributed by atoms with Crippen LogP contribution in [0.4, 0.5) is 4.79 Å². The first-order chi connectivity index (χ1) is 8.23. The van der Waals surface area contributed by atoms with Gasteiger partial charge in [-0.25, -0.2) is 4.79 Å². The molecule has 1 saturated carbocycles. The molecule has 1 aromatic carbocycles. The van der Waals surface area contributed by atoms with Gasteiger partial charge in [0.1, 0.15) is 0 Å². The third-order valence-corrected chi connectivity index (χ3v) is 3.80. The van der Waals surface area contributed by atoms with Crippen molar-refractivity contribution in [2.75, 3.05) is 6.54 Å². The Hall–Kier alpha value is -1.51. The van der Waals surface area contributed by atoms with Gasteiger partial charge in [-0.15, -0.1) is 0 Å². The number of carbonyl (C=O) groups excluding carboxylic acids is 1. The van der Waals surface area contributed by atoms with Crippen LogP contribution in [0, 0.1) is 0 Å². The van der Waals surface area contributed by atoms with Crippen LogP contribution in [0.15, 0.2) is 30.3 Å². The smallest absolute Gasteiger partial charge is 0.312 e. The van der Waals surface area contributed by atoms with E-state index in [4.69, 9.17) is 5.73 Å². The van der Waals surface area contributed by atoms with Gasteiger partial charge >= 0.3 is 6.03 Å². The summed E-state index contributed by atoms with van der Waals surface area (Å²) < 4.78 is 0. The van der Waals surface area contributed by atoms with Crippen LogP contribution < -0.4 is 11.1 Å². The summed E-state index contributed by atoms with van der Waals surface area (Å²) in [6, 6.07) is 10.1. The van der Waals surface area contributed by atoms with Crippen LogP contribution in [0.25, 0.3) is 0 Å². The van der Waals surface area contributed by atoms with Crippen molar-refractivity contribution in [3.63, 3.8) is 0 Å². The molecule has 17 heavy (non-hydrogen) atoms. The average molecular weight is 232 g/mol. The molecule has 1 aliphatic carbocycles. The van der Waals surface area contributed by atoms with E-state index in [2.05, 4.69) is 29.6 Å². The van der Waals surface area contributed by atoms with Crippen molar-refractivity contribution in [3.05, 3.63) is 35.9 Å². The van der Waals surface area contributed by atoms with Crippen LogP contribution in [0.3, 0.4) is 0 Å². The van der Waals surface area contributed by atoms with Gasteiger partial charge in [0.05, 0.1) is 0 Å². The van der Waals surface area contributed by atoms with Gasteiger partial charge in [0, 0.05) is 12.0 Å². The van der Waals surface area contributed by atoms with E-state index in [1.165, 1.54) is 24.8 Å². The van der Waals surface area contributed by atoms with E-state index in [0.29, 0.717) is 6.54 Å². The molecule has 3 nitrogen and oxygen atoms in total. The first-order valence-electron chi connectivity index (χ1n) is 6.32. The van der Waals surface area contributed by atoms with Crippen LogP contribution in [0.5, 0.6) is 0 Å².